The lowest BCUT2D eigenvalue weighted by atomic mass is 10.2. The summed E-state index contributed by atoms with van der Waals surface area (Å²) in [6.45, 7) is 2.10. The molecule has 1 aromatic carbocycles. The van der Waals surface area contributed by atoms with Crippen molar-refractivity contribution >= 4 is 10.9 Å². The van der Waals surface area contributed by atoms with Crippen LogP contribution < -0.4 is 10.3 Å². The van der Waals surface area contributed by atoms with Gasteiger partial charge in [-0.05, 0) is 19.1 Å². The summed E-state index contributed by atoms with van der Waals surface area (Å²) in [6.07, 6.45) is 0. The first-order valence-corrected chi connectivity index (χ1v) is 4.70. The largest absolute Gasteiger partial charge is 0.504 e. The maximum absolute atomic E-state index is 11.5. The van der Waals surface area contributed by atoms with Gasteiger partial charge < -0.3 is 14.8 Å². The predicted octanol–water partition coefficient (Wildman–Crippen LogP) is 1.63. The molecule has 0 aliphatic rings. The quantitative estimate of drug-likeness (QED) is 0.783. The van der Waals surface area contributed by atoms with Gasteiger partial charge in [0.15, 0.2) is 5.75 Å². The molecule has 0 radical (unpaired) electrons. The molecule has 4 nitrogen and oxygen atoms in total. The first-order valence-electron chi connectivity index (χ1n) is 4.70. The highest BCUT2D eigenvalue weighted by atomic mass is 16.5. The Balaban J connectivity index is 2.78. The second-order valence-electron chi connectivity index (χ2n) is 3.11. The van der Waals surface area contributed by atoms with Crippen molar-refractivity contribution in [2.75, 3.05) is 6.61 Å². The highest BCUT2D eigenvalue weighted by molar-refractivity contribution is 5.86. The molecule has 0 aliphatic carbocycles. The van der Waals surface area contributed by atoms with E-state index in [2.05, 4.69) is 4.98 Å². The Bertz CT molecular complexity index is 545. The van der Waals surface area contributed by atoms with Gasteiger partial charge in [0, 0.05) is 5.39 Å². The van der Waals surface area contributed by atoms with Gasteiger partial charge in [0.05, 0.1) is 12.1 Å². The Kier molecular flexibility index (Phi) is 2.33. The molecule has 0 atom stereocenters. The zero-order chi connectivity index (χ0) is 10.8. The highest BCUT2D eigenvalue weighted by Gasteiger charge is 2.11. The van der Waals surface area contributed by atoms with Crippen molar-refractivity contribution < 1.29 is 9.84 Å². The van der Waals surface area contributed by atoms with E-state index in [1.807, 2.05) is 0 Å². The fourth-order valence-corrected chi connectivity index (χ4v) is 1.49. The van der Waals surface area contributed by atoms with Gasteiger partial charge in [-0.25, -0.2) is 0 Å². The van der Waals surface area contributed by atoms with Crippen LogP contribution in [0.5, 0.6) is 11.5 Å². The van der Waals surface area contributed by atoms with Gasteiger partial charge in [-0.1, -0.05) is 12.1 Å². The van der Waals surface area contributed by atoms with Gasteiger partial charge in [0.2, 0.25) is 5.75 Å². The number of aromatic amines is 1. The fourth-order valence-electron chi connectivity index (χ4n) is 1.49. The SMILES string of the molecule is CCOc1c(O)c2ccccc2[nH]c1=O. The lowest BCUT2D eigenvalue weighted by molar-refractivity contribution is 0.315. The maximum Gasteiger partial charge on any atom is 0.294 e. The number of para-hydroxylation sites is 1. The highest BCUT2D eigenvalue weighted by Crippen LogP contribution is 2.29. The Labute approximate surface area is 86.1 Å². The van der Waals surface area contributed by atoms with Crippen molar-refractivity contribution in [3.63, 3.8) is 0 Å². The van der Waals surface area contributed by atoms with Crippen LogP contribution in [0.15, 0.2) is 29.1 Å². The standard InChI is InChI=1S/C11H11NO3/c1-2-15-10-9(13)7-5-3-4-6-8(7)12-11(10)14/h3-6H,2H2,1H3,(H2,12,13,14). The van der Waals surface area contributed by atoms with Crippen LogP contribution in [0, 0.1) is 0 Å². The van der Waals surface area contributed by atoms with Gasteiger partial charge in [-0.2, -0.15) is 0 Å². The Morgan fingerprint density at radius 3 is 2.87 bits per heavy atom. The minimum Gasteiger partial charge on any atom is -0.504 e. The zero-order valence-corrected chi connectivity index (χ0v) is 8.28. The number of hydrogen-bond acceptors (Lipinski definition) is 3. The number of hydrogen-bond donors (Lipinski definition) is 2. The summed E-state index contributed by atoms with van der Waals surface area (Å²) in [6, 6.07) is 7.03. The molecule has 0 saturated carbocycles. The molecule has 2 rings (SSSR count). The van der Waals surface area contributed by atoms with Crippen LogP contribution >= 0.6 is 0 Å². The smallest absolute Gasteiger partial charge is 0.294 e. The van der Waals surface area contributed by atoms with Crippen molar-refractivity contribution in [1.82, 2.24) is 4.98 Å². The average molecular weight is 205 g/mol. The first kappa shape index (κ1) is 9.58. The van der Waals surface area contributed by atoms with E-state index in [1.165, 1.54) is 0 Å². The van der Waals surface area contributed by atoms with E-state index in [4.69, 9.17) is 4.74 Å². The molecular formula is C11H11NO3. The molecule has 15 heavy (non-hydrogen) atoms. The van der Waals surface area contributed by atoms with E-state index in [9.17, 15) is 9.90 Å². The maximum atomic E-state index is 11.5. The Morgan fingerprint density at radius 1 is 1.40 bits per heavy atom. The van der Waals surface area contributed by atoms with Gasteiger partial charge in [-0.3, -0.25) is 4.79 Å². The van der Waals surface area contributed by atoms with Crippen molar-refractivity contribution in [3.05, 3.63) is 34.6 Å². The Morgan fingerprint density at radius 2 is 2.13 bits per heavy atom. The molecule has 78 valence electrons. The summed E-state index contributed by atoms with van der Waals surface area (Å²) in [5, 5.41) is 10.4. The monoisotopic (exact) mass is 205 g/mol. The van der Waals surface area contributed by atoms with E-state index < -0.39 is 5.56 Å². The molecule has 0 unspecified atom stereocenters. The van der Waals surface area contributed by atoms with Crippen LogP contribution in [-0.2, 0) is 0 Å². The zero-order valence-electron chi connectivity index (χ0n) is 8.28. The number of nitrogens with one attached hydrogen (secondary N) is 1. The number of aromatic hydroxyl groups is 1. The molecule has 0 saturated heterocycles. The van der Waals surface area contributed by atoms with Gasteiger partial charge in [0.25, 0.3) is 5.56 Å². The summed E-state index contributed by atoms with van der Waals surface area (Å²) < 4.78 is 5.08. The third-order valence-corrected chi connectivity index (χ3v) is 2.14. The number of H-pyrrole nitrogens is 1. The van der Waals surface area contributed by atoms with E-state index in [0.29, 0.717) is 17.5 Å². The van der Waals surface area contributed by atoms with Crippen molar-refractivity contribution in [1.29, 1.82) is 0 Å². The van der Waals surface area contributed by atoms with Crippen LogP contribution in [0.2, 0.25) is 0 Å². The molecule has 0 bridgehead atoms. The number of benzene rings is 1. The second kappa shape index (κ2) is 3.65. The van der Waals surface area contributed by atoms with Crippen LogP contribution in [0.1, 0.15) is 6.92 Å². The van der Waals surface area contributed by atoms with Gasteiger partial charge >= 0.3 is 0 Å². The van der Waals surface area contributed by atoms with Gasteiger partial charge in [0.1, 0.15) is 0 Å². The van der Waals surface area contributed by atoms with Crippen molar-refractivity contribution in [2.24, 2.45) is 0 Å². The van der Waals surface area contributed by atoms with Gasteiger partial charge in [-0.15, -0.1) is 0 Å². The summed E-state index contributed by atoms with van der Waals surface area (Å²) in [5.41, 5.74) is 0.191. The number of rotatable bonds is 2. The molecule has 2 aromatic rings. The normalized spacial score (nSPS) is 10.5. The van der Waals surface area contributed by atoms with Crippen LogP contribution in [0.4, 0.5) is 0 Å². The third-order valence-electron chi connectivity index (χ3n) is 2.14. The topological polar surface area (TPSA) is 62.3 Å². The number of fused-ring (bicyclic) bond motifs is 1. The molecule has 0 amide bonds. The molecule has 2 N–H and O–H groups in total. The van der Waals surface area contributed by atoms with Crippen LogP contribution in [0.25, 0.3) is 10.9 Å². The molecule has 4 heteroatoms. The number of ether oxygens (including phenoxy) is 1. The minimum atomic E-state index is -0.409. The molecule has 1 heterocycles. The minimum absolute atomic E-state index is 0.0174. The van der Waals surface area contributed by atoms with Crippen molar-refractivity contribution in [2.45, 2.75) is 6.92 Å². The van der Waals surface area contributed by atoms with E-state index in [1.54, 1.807) is 31.2 Å². The molecule has 0 aliphatic heterocycles. The summed E-state index contributed by atoms with van der Waals surface area (Å²) in [7, 11) is 0. The summed E-state index contributed by atoms with van der Waals surface area (Å²) >= 11 is 0. The van der Waals surface area contributed by atoms with E-state index in [0.717, 1.165) is 0 Å². The number of aromatic nitrogens is 1. The average Bonchev–Trinajstić information content (AvgIpc) is 2.24. The third kappa shape index (κ3) is 1.54. The summed E-state index contributed by atoms with van der Waals surface area (Å²) in [4.78, 5) is 14.1. The molecular weight excluding hydrogens is 194 g/mol. The Hall–Kier alpha value is -1.97. The fraction of sp³-hybridized carbons (Fsp3) is 0.182. The molecule has 0 spiro atoms. The lowest BCUT2D eigenvalue weighted by Crippen LogP contribution is -2.11. The predicted molar refractivity (Wildman–Crippen MR) is 57.4 cm³/mol. The first-order chi connectivity index (χ1) is 7.24. The van der Waals surface area contributed by atoms with E-state index >= 15 is 0 Å². The molecule has 1 aromatic heterocycles. The van der Waals surface area contributed by atoms with Crippen LogP contribution in [-0.4, -0.2) is 16.7 Å². The second-order valence-corrected chi connectivity index (χ2v) is 3.11. The number of pyridine rings is 1. The summed E-state index contributed by atoms with van der Waals surface area (Å²) in [5.74, 6) is -0.118. The van der Waals surface area contributed by atoms with Crippen molar-refractivity contribution in [3.8, 4) is 11.5 Å². The molecule has 0 fully saturated rings. The lowest BCUT2D eigenvalue weighted by Gasteiger charge is -2.06. The van der Waals surface area contributed by atoms with Crippen LogP contribution in [0.3, 0.4) is 0 Å². The van der Waals surface area contributed by atoms with E-state index in [-0.39, 0.29) is 11.5 Å².